The van der Waals surface area contributed by atoms with Crippen molar-refractivity contribution >= 4 is 0 Å². The summed E-state index contributed by atoms with van der Waals surface area (Å²) in [4.78, 5) is 2.74. The molecule has 1 atom stereocenters. The van der Waals surface area contributed by atoms with Crippen molar-refractivity contribution in [1.29, 1.82) is 0 Å². The maximum atomic E-state index is 3.58. The Morgan fingerprint density at radius 2 is 2.07 bits per heavy atom. The number of hydrogen-bond acceptors (Lipinski definition) is 2. The molecule has 2 rings (SSSR count). The zero-order chi connectivity index (χ0) is 10.7. The number of rotatable bonds is 1. The molecule has 1 N–H and O–H groups in total. The van der Waals surface area contributed by atoms with Gasteiger partial charge in [-0.25, -0.2) is 0 Å². The smallest absolute Gasteiger partial charge is 0.0220 e. The first kappa shape index (κ1) is 11.4. The minimum Gasteiger partial charge on any atom is -0.315 e. The number of piperidine rings is 1. The average molecular weight is 210 g/mol. The lowest BCUT2D eigenvalue weighted by molar-refractivity contribution is 0.0757. The Kier molecular flexibility index (Phi) is 3.68. The fourth-order valence-electron chi connectivity index (χ4n) is 3.09. The first-order chi connectivity index (χ1) is 7.17. The van der Waals surface area contributed by atoms with Gasteiger partial charge in [0.25, 0.3) is 0 Å². The highest BCUT2D eigenvalue weighted by Gasteiger charge is 2.30. The zero-order valence-corrected chi connectivity index (χ0v) is 10.4. The van der Waals surface area contributed by atoms with Crippen LogP contribution in [-0.2, 0) is 0 Å². The Balaban J connectivity index is 1.90. The Bertz CT molecular complexity index is 193. The standard InChI is InChI=1S/C13H26N2/c1-13(2)7-5-9-15(11-13)12-6-3-4-8-14-10-12/h12,14H,3-11H2,1-2H3. The van der Waals surface area contributed by atoms with E-state index in [-0.39, 0.29) is 0 Å². The summed E-state index contributed by atoms with van der Waals surface area (Å²) in [5.74, 6) is 0. The summed E-state index contributed by atoms with van der Waals surface area (Å²) in [6.07, 6.45) is 6.98. The molecule has 2 saturated heterocycles. The third-order valence-electron chi connectivity index (χ3n) is 3.97. The summed E-state index contributed by atoms with van der Waals surface area (Å²) in [7, 11) is 0. The second-order valence-electron chi connectivity index (χ2n) is 6.09. The van der Waals surface area contributed by atoms with Crippen molar-refractivity contribution in [2.24, 2.45) is 5.41 Å². The van der Waals surface area contributed by atoms with Crippen LogP contribution in [0.1, 0.15) is 46.0 Å². The Morgan fingerprint density at radius 1 is 1.20 bits per heavy atom. The summed E-state index contributed by atoms with van der Waals surface area (Å²) in [5, 5.41) is 3.58. The highest BCUT2D eigenvalue weighted by Crippen LogP contribution is 2.30. The van der Waals surface area contributed by atoms with Gasteiger partial charge in [-0.05, 0) is 44.2 Å². The van der Waals surface area contributed by atoms with Gasteiger partial charge in [0, 0.05) is 19.1 Å². The van der Waals surface area contributed by atoms with E-state index in [9.17, 15) is 0 Å². The molecular formula is C13H26N2. The van der Waals surface area contributed by atoms with E-state index in [1.807, 2.05) is 0 Å². The fourth-order valence-corrected chi connectivity index (χ4v) is 3.09. The van der Waals surface area contributed by atoms with E-state index < -0.39 is 0 Å². The predicted octanol–water partition coefficient (Wildman–Crippen LogP) is 2.25. The molecule has 0 amide bonds. The van der Waals surface area contributed by atoms with Crippen molar-refractivity contribution in [2.75, 3.05) is 26.2 Å². The zero-order valence-electron chi connectivity index (χ0n) is 10.4. The molecule has 2 fully saturated rings. The minimum absolute atomic E-state index is 0.546. The van der Waals surface area contributed by atoms with Crippen LogP contribution >= 0.6 is 0 Å². The van der Waals surface area contributed by atoms with E-state index in [1.54, 1.807) is 0 Å². The first-order valence-electron chi connectivity index (χ1n) is 6.62. The van der Waals surface area contributed by atoms with Crippen LogP contribution in [0.4, 0.5) is 0 Å². The van der Waals surface area contributed by atoms with Gasteiger partial charge in [-0.15, -0.1) is 0 Å². The normalized spacial score (nSPS) is 33.6. The molecule has 2 aliphatic rings. The van der Waals surface area contributed by atoms with Crippen molar-refractivity contribution in [1.82, 2.24) is 10.2 Å². The molecule has 15 heavy (non-hydrogen) atoms. The maximum absolute atomic E-state index is 3.58. The van der Waals surface area contributed by atoms with Crippen LogP contribution in [-0.4, -0.2) is 37.1 Å². The van der Waals surface area contributed by atoms with Gasteiger partial charge in [0.05, 0.1) is 0 Å². The molecule has 2 aliphatic heterocycles. The van der Waals surface area contributed by atoms with E-state index in [2.05, 4.69) is 24.1 Å². The molecule has 0 spiro atoms. The van der Waals surface area contributed by atoms with Crippen molar-refractivity contribution < 1.29 is 0 Å². The quantitative estimate of drug-likeness (QED) is 0.714. The lowest BCUT2D eigenvalue weighted by Gasteiger charge is -2.42. The SMILES string of the molecule is CC1(C)CCCN(C2CCCCNC2)C1. The maximum Gasteiger partial charge on any atom is 0.0220 e. The Morgan fingerprint density at radius 3 is 2.87 bits per heavy atom. The molecule has 0 aromatic rings. The van der Waals surface area contributed by atoms with Crippen LogP contribution in [0, 0.1) is 5.41 Å². The Labute approximate surface area is 94.4 Å². The van der Waals surface area contributed by atoms with Crippen LogP contribution in [0.15, 0.2) is 0 Å². The van der Waals surface area contributed by atoms with E-state index in [0.29, 0.717) is 5.41 Å². The number of nitrogens with zero attached hydrogens (tertiary/aromatic N) is 1. The molecule has 0 aliphatic carbocycles. The molecule has 0 aromatic carbocycles. The lowest BCUT2D eigenvalue weighted by atomic mass is 9.83. The first-order valence-corrected chi connectivity index (χ1v) is 6.62. The highest BCUT2D eigenvalue weighted by molar-refractivity contribution is 4.85. The summed E-state index contributed by atoms with van der Waals surface area (Å²) >= 11 is 0. The van der Waals surface area contributed by atoms with E-state index in [0.717, 1.165) is 6.04 Å². The molecule has 2 heteroatoms. The van der Waals surface area contributed by atoms with Crippen LogP contribution in [0.2, 0.25) is 0 Å². The Hall–Kier alpha value is -0.0800. The van der Waals surface area contributed by atoms with Gasteiger partial charge in [-0.3, -0.25) is 4.90 Å². The molecule has 0 bridgehead atoms. The third kappa shape index (κ3) is 3.18. The van der Waals surface area contributed by atoms with Crippen LogP contribution < -0.4 is 5.32 Å². The van der Waals surface area contributed by atoms with Gasteiger partial charge in [-0.2, -0.15) is 0 Å². The van der Waals surface area contributed by atoms with Crippen LogP contribution in [0.3, 0.4) is 0 Å². The van der Waals surface area contributed by atoms with Gasteiger partial charge < -0.3 is 5.32 Å². The van der Waals surface area contributed by atoms with Gasteiger partial charge in [-0.1, -0.05) is 20.3 Å². The predicted molar refractivity (Wildman–Crippen MR) is 65.1 cm³/mol. The molecule has 88 valence electrons. The minimum atomic E-state index is 0.546. The van der Waals surface area contributed by atoms with Crippen molar-refractivity contribution in [3.05, 3.63) is 0 Å². The van der Waals surface area contributed by atoms with Gasteiger partial charge >= 0.3 is 0 Å². The summed E-state index contributed by atoms with van der Waals surface area (Å²) < 4.78 is 0. The van der Waals surface area contributed by atoms with E-state index in [1.165, 1.54) is 58.3 Å². The van der Waals surface area contributed by atoms with Crippen molar-refractivity contribution in [2.45, 2.75) is 52.0 Å². The van der Waals surface area contributed by atoms with E-state index in [4.69, 9.17) is 0 Å². The topological polar surface area (TPSA) is 15.3 Å². The monoisotopic (exact) mass is 210 g/mol. The van der Waals surface area contributed by atoms with Crippen molar-refractivity contribution in [3.63, 3.8) is 0 Å². The van der Waals surface area contributed by atoms with Gasteiger partial charge in [0.15, 0.2) is 0 Å². The molecule has 0 radical (unpaired) electrons. The summed E-state index contributed by atoms with van der Waals surface area (Å²) in [6, 6.07) is 0.812. The average Bonchev–Trinajstić information content (AvgIpc) is 2.44. The van der Waals surface area contributed by atoms with Gasteiger partial charge in [0.1, 0.15) is 0 Å². The van der Waals surface area contributed by atoms with Gasteiger partial charge in [0.2, 0.25) is 0 Å². The molecule has 0 aromatic heterocycles. The molecule has 0 saturated carbocycles. The number of nitrogens with one attached hydrogen (secondary N) is 1. The summed E-state index contributed by atoms with van der Waals surface area (Å²) in [6.45, 7) is 9.92. The second kappa shape index (κ2) is 4.84. The molecule has 1 unspecified atom stereocenters. The highest BCUT2D eigenvalue weighted by atomic mass is 15.2. The van der Waals surface area contributed by atoms with E-state index >= 15 is 0 Å². The number of hydrogen-bond donors (Lipinski definition) is 1. The second-order valence-corrected chi connectivity index (χ2v) is 6.09. The molecule has 2 nitrogen and oxygen atoms in total. The third-order valence-corrected chi connectivity index (χ3v) is 3.97. The largest absolute Gasteiger partial charge is 0.315 e. The van der Waals surface area contributed by atoms with Crippen molar-refractivity contribution in [3.8, 4) is 0 Å². The van der Waals surface area contributed by atoms with Crippen LogP contribution in [0.25, 0.3) is 0 Å². The lowest BCUT2D eigenvalue weighted by Crippen LogP contribution is -2.48. The van der Waals surface area contributed by atoms with Crippen LogP contribution in [0.5, 0.6) is 0 Å². The fraction of sp³-hybridized carbons (Fsp3) is 1.00. The molecular weight excluding hydrogens is 184 g/mol. The summed E-state index contributed by atoms with van der Waals surface area (Å²) in [5.41, 5.74) is 0.546. The molecule has 2 heterocycles. The number of likely N-dealkylation sites (tertiary alicyclic amines) is 1.